The largest absolute Gasteiger partial charge is 0.395 e. The van der Waals surface area contributed by atoms with Gasteiger partial charge in [-0.2, -0.15) is 0 Å². The van der Waals surface area contributed by atoms with Gasteiger partial charge < -0.3 is 15.3 Å². The number of rotatable bonds is 6. The van der Waals surface area contributed by atoms with Crippen molar-refractivity contribution in [3.63, 3.8) is 0 Å². The summed E-state index contributed by atoms with van der Waals surface area (Å²) in [6.07, 6.45) is 0. The SMILES string of the molecule is CC(C)NCc1ccc(Cl)cc1N(C)CCO. The molecular formula is C13H21ClN2O. The van der Waals surface area contributed by atoms with Crippen LogP contribution in [0.2, 0.25) is 5.02 Å². The average molecular weight is 257 g/mol. The molecule has 0 heterocycles. The molecule has 0 saturated heterocycles. The topological polar surface area (TPSA) is 35.5 Å². The summed E-state index contributed by atoms with van der Waals surface area (Å²) in [4.78, 5) is 2.02. The summed E-state index contributed by atoms with van der Waals surface area (Å²) in [5, 5.41) is 13.1. The van der Waals surface area contributed by atoms with Gasteiger partial charge in [-0.1, -0.05) is 31.5 Å². The van der Waals surface area contributed by atoms with Crippen molar-refractivity contribution in [1.82, 2.24) is 5.32 Å². The van der Waals surface area contributed by atoms with Gasteiger partial charge in [-0.05, 0) is 17.7 Å². The fourth-order valence-electron chi connectivity index (χ4n) is 1.63. The van der Waals surface area contributed by atoms with Crippen molar-refractivity contribution in [2.24, 2.45) is 0 Å². The molecule has 0 fully saturated rings. The lowest BCUT2D eigenvalue weighted by molar-refractivity contribution is 0.304. The molecule has 1 aromatic rings. The zero-order valence-corrected chi connectivity index (χ0v) is 11.5. The van der Waals surface area contributed by atoms with Gasteiger partial charge in [-0.3, -0.25) is 0 Å². The van der Waals surface area contributed by atoms with Crippen LogP contribution in [0.15, 0.2) is 18.2 Å². The third-order valence-electron chi connectivity index (χ3n) is 2.59. The Morgan fingerprint density at radius 2 is 2.12 bits per heavy atom. The van der Waals surface area contributed by atoms with E-state index in [-0.39, 0.29) is 6.61 Å². The van der Waals surface area contributed by atoms with E-state index in [0.29, 0.717) is 12.6 Å². The molecule has 96 valence electrons. The van der Waals surface area contributed by atoms with Gasteiger partial charge in [-0.15, -0.1) is 0 Å². The monoisotopic (exact) mass is 256 g/mol. The lowest BCUT2D eigenvalue weighted by Crippen LogP contribution is -2.26. The number of aliphatic hydroxyl groups excluding tert-OH is 1. The Morgan fingerprint density at radius 1 is 1.41 bits per heavy atom. The molecule has 17 heavy (non-hydrogen) atoms. The van der Waals surface area contributed by atoms with Gasteiger partial charge in [0, 0.05) is 36.9 Å². The maximum atomic E-state index is 8.99. The molecule has 0 unspecified atom stereocenters. The van der Waals surface area contributed by atoms with E-state index in [1.54, 1.807) is 0 Å². The average Bonchev–Trinajstić information content (AvgIpc) is 2.27. The van der Waals surface area contributed by atoms with E-state index >= 15 is 0 Å². The summed E-state index contributed by atoms with van der Waals surface area (Å²) >= 11 is 6.01. The minimum Gasteiger partial charge on any atom is -0.395 e. The maximum Gasteiger partial charge on any atom is 0.0606 e. The Hall–Kier alpha value is -0.770. The predicted molar refractivity (Wildman–Crippen MR) is 73.8 cm³/mol. The first-order chi connectivity index (χ1) is 8.04. The minimum atomic E-state index is 0.139. The van der Waals surface area contributed by atoms with E-state index in [1.807, 2.05) is 30.1 Å². The van der Waals surface area contributed by atoms with E-state index in [4.69, 9.17) is 16.7 Å². The van der Waals surface area contributed by atoms with Crippen molar-refractivity contribution in [3.05, 3.63) is 28.8 Å². The first-order valence-corrected chi connectivity index (χ1v) is 6.26. The lowest BCUT2D eigenvalue weighted by Gasteiger charge is -2.22. The van der Waals surface area contributed by atoms with Gasteiger partial charge in [0.15, 0.2) is 0 Å². The summed E-state index contributed by atoms with van der Waals surface area (Å²) in [6, 6.07) is 6.31. The van der Waals surface area contributed by atoms with Crippen LogP contribution in [-0.4, -0.2) is 31.3 Å². The summed E-state index contributed by atoms with van der Waals surface area (Å²) in [5.74, 6) is 0. The second kappa shape index (κ2) is 6.84. The van der Waals surface area contributed by atoms with Gasteiger partial charge in [0.2, 0.25) is 0 Å². The van der Waals surface area contributed by atoms with E-state index < -0.39 is 0 Å². The van der Waals surface area contributed by atoms with Crippen LogP contribution in [0.4, 0.5) is 5.69 Å². The number of nitrogens with one attached hydrogen (secondary N) is 1. The van der Waals surface area contributed by atoms with Gasteiger partial charge >= 0.3 is 0 Å². The molecule has 0 aliphatic rings. The number of likely N-dealkylation sites (N-methyl/N-ethyl adjacent to an activating group) is 1. The Morgan fingerprint density at radius 3 is 2.71 bits per heavy atom. The highest BCUT2D eigenvalue weighted by molar-refractivity contribution is 6.30. The molecular weight excluding hydrogens is 236 g/mol. The third-order valence-corrected chi connectivity index (χ3v) is 2.83. The van der Waals surface area contributed by atoms with E-state index in [9.17, 15) is 0 Å². The zero-order valence-electron chi connectivity index (χ0n) is 10.7. The lowest BCUT2D eigenvalue weighted by atomic mass is 10.1. The summed E-state index contributed by atoms with van der Waals surface area (Å²) in [6.45, 7) is 5.79. The number of aliphatic hydroxyl groups is 1. The van der Waals surface area contributed by atoms with Crippen LogP contribution in [0.1, 0.15) is 19.4 Å². The van der Waals surface area contributed by atoms with Crippen LogP contribution >= 0.6 is 11.6 Å². The normalized spacial score (nSPS) is 10.9. The Labute approximate surface area is 108 Å². The fourth-order valence-corrected chi connectivity index (χ4v) is 1.79. The highest BCUT2D eigenvalue weighted by atomic mass is 35.5. The third kappa shape index (κ3) is 4.54. The van der Waals surface area contributed by atoms with Crippen LogP contribution in [0, 0.1) is 0 Å². The molecule has 0 spiro atoms. The molecule has 0 radical (unpaired) electrons. The Kier molecular flexibility index (Phi) is 5.75. The molecule has 2 N–H and O–H groups in total. The van der Waals surface area contributed by atoms with Crippen LogP contribution in [0.5, 0.6) is 0 Å². The van der Waals surface area contributed by atoms with Crippen molar-refractivity contribution in [1.29, 1.82) is 0 Å². The first kappa shape index (κ1) is 14.3. The van der Waals surface area contributed by atoms with Gasteiger partial charge in [0.1, 0.15) is 0 Å². The molecule has 0 amide bonds. The second-order valence-corrected chi connectivity index (χ2v) is 4.89. The van der Waals surface area contributed by atoms with E-state index in [0.717, 1.165) is 17.3 Å². The number of nitrogens with zero attached hydrogens (tertiary/aromatic N) is 1. The summed E-state index contributed by atoms with van der Waals surface area (Å²) < 4.78 is 0. The van der Waals surface area contributed by atoms with Crippen LogP contribution in [0.25, 0.3) is 0 Å². The molecule has 0 bridgehead atoms. The van der Waals surface area contributed by atoms with Gasteiger partial charge in [0.05, 0.1) is 6.61 Å². The van der Waals surface area contributed by atoms with Gasteiger partial charge in [0.25, 0.3) is 0 Å². The smallest absolute Gasteiger partial charge is 0.0606 e. The zero-order chi connectivity index (χ0) is 12.8. The van der Waals surface area contributed by atoms with E-state index in [1.165, 1.54) is 5.56 Å². The molecule has 0 saturated carbocycles. The quantitative estimate of drug-likeness (QED) is 0.820. The van der Waals surface area contributed by atoms with Crippen molar-refractivity contribution < 1.29 is 5.11 Å². The maximum absolute atomic E-state index is 8.99. The molecule has 0 aliphatic heterocycles. The van der Waals surface area contributed by atoms with E-state index in [2.05, 4.69) is 19.2 Å². The molecule has 3 nitrogen and oxygen atoms in total. The molecule has 4 heteroatoms. The van der Waals surface area contributed by atoms with Crippen molar-refractivity contribution in [3.8, 4) is 0 Å². The molecule has 0 aliphatic carbocycles. The number of halogens is 1. The van der Waals surface area contributed by atoms with Crippen molar-refractivity contribution >= 4 is 17.3 Å². The second-order valence-electron chi connectivity index (χ2n) is 4.45. The highest BCUT2D eigenvalue weighted by Crippen LogP contribution is 2.24. The summed E-state index contributed by atoms with van der Waals surface area (Å²) in [5.41, 5.74) is 2.26. The number of anilines is 1. The standard InChI is InChI=1S/C13H21ClN2O/c1-10(2)15-9-11-4-5-12(14)8-13(11)16(3)6-7-17/h4-5,8,10,15,17H,6-7,9H2,1-3H3. The van der Waals surface area contributed by atoms with Crippen molar-refractivity contribution in [2.75, 3.05) is 25.1 Å². The number of benzene rings is 1. The highest BCUT2D eigenvalue weighted by Gasteiger charge is 2.08. The fraction of sp³-hybridized carbons (Fsp3) is 0.538. The molecule has 0 atom stereocenters. The minimum absolute atomic E-state index is 0.139. The Balaban J connectivity index is 2.87. The molecule has 1 rings (SSSR count). The predicted octanol–water partition coefficient (Wildman–Crippen LogP) is 2.27. The first-order valence-electron chi connectivity index (χ1n) is 5.88. The molecule has 1 aromatic carbocycles. The van der Waals surface area contributed by atoms with Crippen molar-refractivity contribution in [2.45, 2.75) is 26.4 Å². The molecule has 0 aromatic heterocycles. The number of hydrogen-bond donors (Lipinski definition) is 2. The van der Waals surface area contributed by atoms with Crippen LogP contribution < -0.4 is 10.2 Å². The Bertz CT molecular complexity index is 355. The summed E-state index contributed by atoms with van der Waals surface area (Å²) in [7, 11) is 1.96. The van der Waals surface area contributed by atoms with Gasteiger partial charge in [-0.25, -0.2) is 0 Å². The van der Waals surface area contributed by atoms with Crippen LogP contribution in [0.3, 0.4) is 0 Å². The van der Waals surface area contributed by atoms with Crippen LogP contribution in [-0.2, 0) is 6.54 Å². The number of hydrogen-bond acceptors (Lipinski definition) is 3.